The highest BCUT2D eigenvalue weighted by Gasteiger charge is 2.13. The van der Waals surface area contributed by atoms with E-state index in [1.54, 1.807) is 0 Å². The van der Waals surface area contributed by atoms with Gasteiger partial charge in [-0.15, -0.1) is 11.3 Å². The summed E-state index contributed by atoms with van der Waals surface area (Å²) in [6.07, 6.45) is 4.53. The van der Waals surface area contributed by atoms with E-state index in [1.165, 1.54) is 42.8 Å². The Kier molecular flexibility index (Phi) is 5.96. The van der Waals surface area contributed by atoms with Crippen LogP contribution in [0.5, 0.6) is 0 Å². The Morgan fingerprint density at radius 1 is 1.09 bits per heavy atom. The molecule has 1 fully saturated rings. The molecule has 0 spiro atoms. The Bertz CT molecular complexity index is 1280. The smallest absolute Gasteiger partial charge is 0.255 e. The molecule has 6 heteroatoms. The molecule has 0 bridgehead atoms. The Morgan fingerprint density at radius 3 is 2.59 bits per heavy atom. The first kappa shape index (κ1) is 21.1. The van der Waals surface area contributed by atoms with Gasteiger partial charge >= 0.3 is 0 Å². The van der Waals surface area contributed by atoms with Crippen molar-refractivity contribution < 1.29 is 4.79 Å². The molecule has 0 radical (unpaired) electrons. The predicted molar refractivity (Wildman–Crippen MR) is 134 cm³/mol. The number of carbonyl (C=O) groups excluding carboxylic acids is 1. The molecule has 2 aromatic carbocycles. The molecule has 1 aliphatic rings. The maximum atomic E-state index is 12.8. The van der Waals surface area contributed by atoms with Crippen molar-refractivity contribution in [1.29, 1.82) is 0 Å². The Hall–Kier alpha value is -2.73. The van der Waals surface area contributed by atoms with Gasteiger partial charge in [0, 0.05) is 34.3 Å². The number of thiophene rings is 1. The highest BCUT2D eigenvalue weighted by Crippen LogP contribution is 2.31. The molecule has 0 saturated carbocycles. The minimum Gasteiger partial charge on any atom is -0.322 e. The second kappa shape index (κ2) is 9.02. The Morgan fingerprint density at radius 2 is 1.88 bits per heavy atom. The molecule has 4 aromatic rings. The SMILES string of the molecule is Cc1cc(NC(=O)c2ccc(-c3ccc(Cl)s3)cc2)cc2ncc(CN3CCCC3)cc12. The molecule has 1 saturated heterocycles. The molecule has 5 rings (SSSR count). The standard InChI is InChI=1S/C26H24ClN3OS/c1-17-12-21(14-23-22(17)13-18(15-28-23)16-30-10-2-3-11-30)29-26(31)20-6-4-19(5-7-20)24-8-9-25(27)32-24/h4-9,12-15H,2-3,10-11,16H2,1H3,(H,29,31). The van der Waals surface area contributed by atoms with Gasteiger partial charge in [0.25, 0.3) is 5.91 Å². The van der Waals surface area contributed by atoms with Crippen molar-refractivity contribution in [1.82, 2.24) is 9.88 Å². The quantitative estimate of drug-likeness (QED) is 0.356. The molecular weight excluding hydrogens is 438 g/mol. The van der Waals surface area contributed by atoms with E-state index in [1.807, 2.05) is 54.7 Å². The molecule has 0 unspecified atom stereocenters. The maximum Gasteiger partial charge on any atom is 0.255 e. The summed E-state index contributed by atoms with van der Waals surface area (Å²) in [4.78, 5) is 21.1. The monoisotopic (exact) mass is 461 g/mol. The second-order valence-corrected chi connectivity index (χ2v) is 10.0. The number of halogens is 1. The first-order valence-electron chi connectivity index (χ1n) is 10.8. The average molecular weight is 462 g/mol. The van der Waals surface area contributed by atoms with Crippen LogP contribution in [0.2, 0.25) is 4.34 Å². The summed E-state index contributed by atoms with van der Waals surface area (Å²) in [5, 5.41) is 4.16. The second-order valence-electron chi connectivity index (χ2n) is 8.32. The summed E-state index contributed by atoms with van der Waals surface area (Å²) >= 11 is 7.56. The van der Waals surface area contributed by atoms with Crippen molar-refractivity contribution in [3.8, 4) is 10.4 Å². The first-order chi connectivity index (χ1) is 15.5. The fourth-order valence-electron chi connectivity index (χ4n) is 4.27. The molecule has 1 amide bonds. The van der Waals surface area contributed by atoms with Crippen LogP contribution in [0.15, 0.2) is 60.8 Å². The van der Waals surface area contributed by atoms with Crippen molar-refractivity contribution in [3.63, 3.8) is 0 Å². The number of nitrogens with one attached hydrogen (secondary N) is 1. The number of amides is 1. The number of hydrogen-bond acceptors (Lipinski definition) is 4. The van der Waals surface area contributed by atoms with Crippen LogP contribution >= 0.6 is 22.9 Å². The predicted octanol–water partition coefficient (Wildman–Crippen LogP) is 6.77. The highest BCUT2D eigenvalue weighted by atomic mass is 35.5. The van der Waals surface area contributed by atoms with Gasteiger partial charge in [-0.3, -0.25) is 14.7 Å². The van der Waals surface area contributed by atoms with E-state index in [0.717, 1.165) is 43.5 Å². The topological polar surface area (TPSA) is 45.2 Å². The molecular formula is C26H24ClN3OS. The van der Waals surface area contributed by atoms with Crippen molar-refractivity contribution in [3.05, 3.63) is 81.8 Å². The number of benzene rings is 2. The third-order valence-electron chi connectivity index (χ3n) is 5.93. The van der Waals surface area contributed by atoms with Crippen LogP contribution in [0.25, 0.3) is 21.3 Å². The van der Waals surface area contributed by atoms with Crippen molar-refractivity contribution >= 4 is 45.4 Å². The minimum absolute atomic E-state index is 0.134. The molecule has 4 nitrogen and oxygen atoms in total. The third-order valence-corrected chi connectivity index (χ3v) is 7.21. The van der Waals surface area contributed by atoms with Gasteiger partial charge in [0.2, 0.25) is 0 Å². The van der Waals surface area contributed by atoms with Gasteiger partial charge in [-0.05, 0) is 92.0 Å². The van der Waals surface area contributed by atoms with Gasteiger partial charge in [0.1, 0.15) is 0 Å². The summed E-state index contributed by atoms with van der Waals surface area (Å²) in [6, 6.07) is 17.7. The van der Waals surface area contributed by atoms with E-state index >= 15 is 0 Å². The lowest BCUT2D eigenvalue weighted by molar-refractivity contribution is 0.102. The van der Waals surface area contributed by atoms with E-state index in [4.69, 9.17) is 11.6 Å². The number of rotatable bonds is 5. The molecule has 162 valence electrons. The molecule has 1 aliphatic heterocycles. The highest BCUT2D eigenvalue weighted by molar-refractivity contribution is 7.19. The Balaban J connectivity index is 1.32. The van der Waals surface area contributed by atoms with Crippen LogP contribution in [-0.4, -0.2) is 28.9 Å². The lowest BCUT2D eigenvalue weighted by Crippen LogP contribution is -2.18. The summed E-state index contributed by atoms with van der Waals surface area (Å²) in [7, 11) is 0. The first-order valence-corrected chi connectivity index (χ1v) is 12.0. The largest absolute Gasteiger partial charge is 0.322 e. The van der Waals surface area contributed by atoms with Crippen molar-refractivity contribution in [2.24, 2.45) is 0 Å². The number of aryl methyl sites for hydroxylation is 1. The number of nitrogens with zero attached hydrogens (tertiary/aromatic N) is 2. The van der Waals surface area contributed by atoms with Crippen LogP contribution in [0.3, 0.4) is 0 Å². The zero-order valence-electron chi connectivity index (χ0n) is 17.9. The molecule has 1 N–H and O–H groups in total. The number of pyridine rings is 1. The molecule has 32 heavy (non-hydrogen) atoms. The zero-order chi connectivity index (χ0) is 22.1. The number of carbonyl (C=O) groups is 1. The number of likely N-dealkylation sites (tertiary alicyclic amines) is 1. The van der Waals surface area contributed by atoms with Gasteiger partial charge in [0.15, 0.2) is 0 Å². The van der Waals surface area contributed by atoms with E-state index in [-0.39, 0.29) is 5.91 Å². The summed E-state index contributed by atoms with van der Waals surface area (Å²) in [5.41, 5.74) is 5.67. The molecule has 0 atom stereocenters. The fraction of sp³-hybridized carbons (Fsp3) is 0.231. The van der Waals surface area contributed by atoms with Crippen molar-refractivity contribution in [2.75, 3.05) is 18.4 Å². The van der Waals surface area contributed by atoms with Crippen LogP contribution in [-0.2, 0) is 6.54 Å². The number of anilines is 1. The van der Waals surface area contributed by atoms with Gasteiger partial charge in [-0.25, -0.2) is 0 Å². The van der Waals surface area contributed by atoms with E-state index < -0.39 is 0 Å². The van der Waals surface area contributed by atoms with Gasteiger partial charge in [-0.1, -0.05) is 23.7 Å². The van der Waals surface area contributed by atoms with E-state index in [2.05, 4.69) is 28.2 Å². The fourth-order valence-corrected chi connectivity index (χ4v) is 5.31. The average Bonchev–Trinajstić information content (AvgIpc) is 3.46. The normalized spacial score (nSPS) is 14.2. The lowest BCUT2D eigenvalue weighted by Gasteiger charge is -2.15. The number of aromatic nitrogens is 1. The van der Waals surface area contributed by atoms with Gasteiger partial charge < -0.3 is 5.32 Å². The van der Waals surface area contributed by atoms with Gasteiger partial charge in [0.05, 0.1) is 9.85 Å². The molecule has 3 heterocycles. The third kappa shape index (κ3) is 4.56. The zero-order valence-corrected chi connectivity index (χ0v) is 19.5. The van der Waals surface area contributed by atoms with Gasteiger partial charge in [-0.2, -0.15) is 0 Å². The van der Waals surface area contributed by atoms with Crippen LogP contribution in [0, 0.1) is 6.92 Å². The number of fused-ring (bicyclic) bond motifs is 1. The van der Waals surface area contributed by atoms with E-state index in [0.29, 0.717) is 5.56 Å². The maximum absolute atomic E-state index is 12.8. The van der Waals surface area contributed by atoms with Crippen LogP contribution < -0.4 is 5.32 Å². The van der Waals surface area contributed by atoms with Crippen LogP contribution in [0.1, 0.15) is 34.3 Å². The Labute approximate surface area is 196 Å². The minimum atomic E-state index is -0.134. The molecule has 0 aliphatic carbocycles. The number of hydrogen-bond donors (Lipinski definition) is 1. The summed E-state index contributed by atoms with van der Waals surface area (Å²) in [5.74, 6) is -0.134. The van der Waals surface area contributed by atoms with Crippen LogP contribution in [0.4, 0.5) is 5.69 Å². The van der Waals surface area contributed by atoms with E-state index in [9.17, 15) is 4.79 Å². The lowest BCUT2D eigenvalue weighted by atomic mass is 10.1. The molecule has 2 aromatic heterocycles. The summed E-state index contributed by atoms with van der Waals surface area (Å²) < 4.78 is 0.755. The van der Waals surface area contributed by atoms with Crippen molar-refractivity contribution in [2.45, 2.75) is 26.3 Å². The summed E-state index contributed by atoms with van der Waals surface area (Å²) in [6.45, 7) is 5.36.